The molecule has 10 heteroatoms. The van der Waals surface area contributed by atoms with Crippen molar-refractivity contribution in [3.63, 3.8) is 0 Å². The van der Waals surface area contributed by atoms with E-state index in [0.717, 1.165) is 24.4 Å². The SMILES string of the molecule is CCOc1ccc(NC(=O)CCC(=O)N/N=C\c2cc([N+](=O)[O-])ccc2[O-])cc1. The maximum atomic E-state index is 11.9. The fraction of sp³-hybridized carbons (Fsp3) is 0.211. The van der Waals surface area contributed by atoms with E-state index in [1.807, 2.05) is 6.92 Å². The molecule has 2 aromatic rings. The molecular formula is C19H19N4O6-. The van der Waals surface area contributed by atoms with Crippen LogP contribution >= 0.6 is 0 Å². The topological polar surface area (TPSA) is 146 Å². The Balaban J connectivity index is 1.79. The van der Waals surface area contributed by atoms with Gasteiger partial charge < -0.3 is 15.2 Å². The number of non-ortho nitro benzene ring substituents is 1. The van der Waals surface area contributed by atoms with Crippen molar-refractivity contribution in [1.82, 2.24) is 5.43 Å². The number of nitrogens with one attached hydrogen (secondary N) is 2. The minimum Gasteiger partial charge on any atom is -0.872 e. The monoisotopic (exact) mass is 399 g/mol. The molecule has 0 aliphatic rings. The Kier molecular flexibility index (Phi) is 7.66. The number of nitrogens with zero attached hydrogens (tertiary/aromatic N) is 2. The van der Waals surface area contributed by atoms with Gasteiger partial charge in [-0.1, -0.05) is 11.8 Å². The summed E-state index contributed by atoms with van der Waals surface area (Å²) in [5.41, 5.74) is 2.45. The van der Waals surface area contributed by atoms with Gasteiger partial charge in [0.25, 0.3) is 5.69 Å². The highest BCUT2D eigenvalue weighted by molar-refractivity contribution is 5.93. The zero-order valence-corrected chi connectivity index (χ0v) is 15.6. The first-order valence-electron chi connectivity index (χ1n) is 8.69. The van der Waals surface area contributed by atoms with Gasteiger partial charge in [-0.2, -0.15) is 5.10 Å². The number of amides is 2. The van der Waals surface area contributed by atoms with Crippen molar-refractivity contribution in [2.75, 3.05) is 11.9 Å². The minimum absolute atomic E-state index is 0.0345. The molecule has 0 saturated carbocycles. The number of nitro groups is 1. The molecule has 10 nitrogen and oxygen atoms in total. The molecule has 0 saturated heterocycles. The number of hydrogen-bond donors (Lipinski definition) is 2. The summed E-state index contributed by atoms with van der Waals surface area (Å²) in [5, 5.41) is 28.6. The summed E-state index contributed by atoms with van der Waals surface area (Å²) in [6.45, 7) is 2.41. The van der Waals surface area contributed by atoms with Crippen molar-refractivity contribution < 1.29 is 24.4 Å². The first-order valence-corrected chi connectivity index (χ1v) is 8.69. The van der Waals surface area contributed by atoms with E-state index >= 15 is 0 Å². The Morgan fingerprint density at radius 2 is 1.83 bits per heavy atom. The second kappa shape index (κ2) is 10.4. The van der Waals surface area contributed by atoms with Crippen LogP contribution in [-0.2, 0) is 9.59 Å². The highest BCUT2D eigenvalue weighted by atomic mass is 16.6. The van der Waals surface area contributed by atoms with Gasteiger partial charge in [-0.05, 0) is 36.8 Å². The van der Waals surface area contributed by atoms with Gasteiger partial charge in [-0.25, -0.2) is 5.43 Å². The number of nitro benzene ring substituents is 1. The molecule has 0 aromatic heterocycles. The number of carbonyl (C=O) groups excluding carboxylic acids is 2. The Labute approximate surface area is 166 Å². The highest BCUT2D eigenvalue weighted by Gasteiger charge is 2.08. The second-order valence-corrected chi connectivity index (χ2v) is 5.78. The lowest BCUT2D eigenvalue weighted by atomic mass is 10.2. The molecule has 0 aliphatic heterocycles. The predicted octanol–water partition coefficient (Wildman–Crippen LogP) is 1.94. The number of rotatable bonds is 9. The van der Waals surface area contributed by atoms with Crippen LogP contribution in [0.3, 0.4) is 0 Å². The number of benzene rings is 2. The largest absolute Gasteiger partial charge is 0.872 e. The molecule has 0 unspecified atom stereocenters. The summed E-state index contributed by atoms with van der Waals surface area (Å²) in [5.74, 6) is -0.675. The third-order valence-electron chi connectivity index (χ3n) is 3.63. The van der Waals surface area contributed by atoms with E-state index < -0.39 is 16.6 Å². The molecule has 2 N–H and O–H groups in total. The van der Waals surface area contributed by atoms with Crippen molar-refractivity contribution in [2.45, 2.75) is 19.8 Å². The van der Waals surface area contributed by atoms with Crippen molar-refractivity contribution >= 4 is 29.4 Å². The van der Waals surface area contributed by atoms with Gasteiger partial charge in [0.15, 0.2) is 0 Å². The van der Waals surface area contributed by atoms with Gasteiger partial charge >= 0.3 is 0 Å². The van der Waals surface area contributed by atoms with Gasteiger partial charge in [0, 0.05) is 30.7 Å². The van der Waals surface area contributed by atoms with Crippen molar-refractivity contribution in [3.05, 3.63) is 58.1 Å². The van der Waals surface area contributed by atoms with Gasteiger partial charge in [0.05, 0.1) is 17.7 Å². The first-order chi connectivity index (χ1) is 13.9. The number of hydrazone groups is 1. The third kappa shape index (κ3) is 6.94. The van der Waals surface area contributed by atoms with E-state index in [1.165, 1.54) is 0 Å². The van der Waals surface area contributed by atoms with Gasteiger partial charge in [-0.15, -0.1) is 0 Å². The molecule has 0 heterocycles. The van der Waals surface area contributed by atoms with Crippen LogP contribution in [0.25, 0.3) is 0 Å². The molecular weight excluding hydrogens is 380 g/mol. The zero-order chi connectivity index (χ0) is 21.2. The molecule has 2 aromatic carbocycles. The molecule has 0 bridgehead atoms. The Bertz CT molecular complexity index is 911. The fourth-order valence-corrected chi connectivity index (χ4v) is 2.23. The van der Waals surface area contributed by atoms with Crippen LogP contribution in [0.4, 0.5) is 11.4 Å². The Morgan fingerprint density at radius 1 is 1.14 bits per heavy atom. The second-order valence-electron chi connectivity index (χ2n) is 5.78. The third-order valence-corrected chi connectivity index (χ3v) is 3.63. The molecule has 2 rings (SSSR count). The van der Waals surface area contributed by atoms with E-state index in [1.54, 1.807) is 24.3 Å². The lowest BCUT2D eigenvalue weighted by Crippen LogP contribution is -2.20. The van der Waals surface area contributed by atoms with Crippen LogP contribution in [0, 0.1) is 10.1 Å². The van der Waals surface area contributed by atoms with E-state index in [2.05, 4.69) is 15.8 Å². The number of hydrogen-bond acceptors (Lipinski definition) is 7. The van der Waals surface area contributed by atoms with E-state index in [0.29, 0.717) is 18.0 Å². The summed E-state index contributed by atoms with van der Waals surface area (Å²) in [6, 6.07) is 10.0. The van der Waals surface area contributed by atoms with Crippen LogP contribution in [0.1, 0.15) is 25.3 Å². The average Bonchev–Trinajstić information content (AvgIpc) is 2.69. The molecule has 0 aliphatic carbocycles. The summed E-state index contributed by atoms with van der Waals surface area (Å²) < 4.78 is 5.31. The van der Waals surface area contributed by atoms with E-state index in [-0.39, 0.29) is 30.0 Å². The maximum absolute atomic E-state index is 11.9. The van der Waals surface area contributed by atoms with Crippen LogP contribution in [0.5, 0.6) is 11.5 Å². The lowest BCUT2D eigenvalue weighted by Gasteiger charge is -2.08. The fourth-order valence-electron chi connectivity index (χ4n) is 2.23. The Morgan fingerprint density at radius 3 is 2.48 bits per heavy atom. The molecule has 29 heavy (non-hydrogen) atoms. The number of ether oxygens (including phenoxy) is 1. The molecule has 0 spiro atoms. The van der Waals surface area contributed by atoms with Crippen LogP contribution < -0.4 is 20.6 Å². The van der Waals surface area contributed by atoms with Crippen molar-refractivity contribution in [2.24, 2.45) is 5.10 Å². The number of carbonyl (C=O) groups is 2. The van der Waals surface area contributed by atoms with Crippen molar-refractivity contribution in [3.8, 4) is 11.5 Å². The van der Waals surface area contributed by atoms with Gasteiger partial charge in [-0.3, -0.25) is 19.7 Å². The Hall–Kier alpha value is -3.95. The quantitative estimate of drug-likeness (QED) is 0.374. The summed E-state index contributed by atoms with van der Waals surface area (Å²) in [6.07, 6.45) is 0.824. The summed E-state index contributed by atoms with van der Waals surface area (Å²) in [7, 11) is 0. The van der Waals surface area contributed by atoms with E-state index in [4.69, 9.17) is 4.74 Å². The summed E-state index contributed by atoms with van der Waals surface area (Å²) >= 11 is 0. The molecule has 2 amide bonds. The standard InChI is InChI=1S/C19H20N4O6/c1-2-29-16-6-3-14(4-7-16)21-18(25)9-10-19(26)22-20-12-13-11-15(23(27)28)5-8-17(13)24/h3-8,11-12,24H,2,9-10H2,1H3,(H,21,25)(H,22,26)/p-1/b20-12-. The normalized spacial score (nSPS) is 10.5. The maximum Gasteiger partial charge on any atom is 0.270 e. The highest BCUT2D eigenvalue weighted by Crippen LogP contribution is 2.19. The molecule has 0 fully saturated rings. The average molecular weight is 399 g/mol. The summed E-state index contributed by atoms with van der Waals surface area (Å²) in [4.78, 5) is 33.7. The van der Waals surface area contributed by atoms with E-state index in [9.17, 15) is 24.8 Å². The molecule has 152 valence electrons. The molecule has 0 atom stereocenters. The predicted molar refractivity (Wildman–Crippen MR) is 104 cm³/mol. The van der Waals surface area contributed by atoms with Gasteiger partial charge in [0.2, 0.25) is 11.8 Å². The lowest BCUT2D eigenvalue weighted by molar-refractivity contribution is -0.385. The first kappa shape index (κ1) is 21.4. The smallest absolute Gasteiger partial charge is 0.270 e. The van der Waals surface area contributed by atoms with Crippen molar-refractivity contribution in [1.29, 1.82) is 0 Å². The minimum atomic E-state index is -0.641. The van der Waals surface area contributed by atoms with Crippen LogP contribution in [-0.4, -0.2) is 29.6 Å². The zero-order valence-electron chi connectivity index (χ0n) is 15.6. The number of anilines is 1. The van der Waals surface area contributed by atoms with Crippen LogP contribution in [0.15, 0.2) is 47.6 Å². The van der Waals surface area contributed by atoms with Gasteiger partial charge in [0.1, 0.15) is 5.75 Å². The molecule has 0 radical (unpaired) electrons. The van der Waals surface area contributed by atoms with Crippen LogP contribution in [0.2, 0.25) is 0 Å².